The van der Waals surface area contributed by atoms with Crippen molar-refractivity contribution in [2.45, 2.75) is 25.0 Å². The molecule has 1 aliphatic heterocycles. The molecule has 0 spiro atoms. The van der Waals surface area contributed by atoms with Crippen LogP contribution in [0.3, 0.4) is 0 Å². The molecule has 1 aliphatic rings. The van der Waals surface area contributed by atoms with Gasteiger partial charge in [0.2, 0.25) is 5.95 Å². The van der Waals surface area contributed by atoms with Gasteiger partial charge in [-0.3, -0.25) is 5.10 Å². The lowest BCUT2D eigenvalue weighted by Crippen LogP contribution is -2.55. The average molecular weight is 264 g/mol. The summed E-state index contributed by atoms with van der Waals surface area (Å²) in [5, 5.41) is 27.4. The number of aromatic amines is 1. The second-order valence-corrected chi connectivity index (χ2v) is 5.12. The van der Waals surface area contributed by atoms with Gasteiger partial charge in [-0.2, -0.15) is 15.1 Å². The summed E-state index contributed by atoms with van der Waals surface area (Å²) >= 11 is 0. The van der Waals surface area contributed by atoms with Gasteiger partial charge in [0.25, 0.3) is 0 Å². The van der Waals surface area contributed by atoms with E-state index in [0.717, 1.165) is 5.39 Å². The number of nitrogens with two attached hydrogens (primary N) is 1. The van der Waals surface area contributed by atoms with Crippen molar-refractivity contribution < 1.29 is 10.2 Å². The largest absolute Gasteiger partial charge is 0.390 e. The summed E-state index contributed by atoms with van der Waals surface area (Å²) in [6.45, 7) is 2.49. The number of hydrogen-bond acceptors (Lipinski definition) is 7. The topological polar surface area (TPSA) is 124 Å². The molecule has 3 rings (SSSR count). The number of aromatic nitrogens is 4. The van der Waals surface area contributed by atoms with Crippen molar-refractivity contribution in [2.24, 2.45) is 0 Å². The molecule has 8 heteroatoms. The van der Waals surface area contributed by atoms with Crippen LogP contribution in [0.2, 0.25) is 0 Å². The molecular formula is C11H16N6O2. The molecule has 2 aromatic rings. The van der Waals surface area contributed by atoms with Crippen molar-refractivity contribution in [3.8, 4) is 0 Å². The second-order valence-electron chi connectivity index (χ2n) is 5.12. The van der Waals surface area contributed by atoms with E-state index in [9.17, 15) is 10.2 Å². The van der Waals surface area contributed by atoms with Gasteiger partial charge < -0.3 is 20.8 Å². The molecule has 0 aromatic carbocycles. The molecule has 1 fully saturated rings. The molecule has 102 valence electrons. The van der Waals surface area contributed by atoms with Crippen molar-refractivity contribution >= 4 is 22.8 Å². The Labute approximate surface area is 109 Å². The normalized spacial score (nSPS) is 27.9. The third kappa shape index (κ3) is 1.98. The summed E-state index contributed by atoms with van der Waals surface area (Å²) in [4.78, 5) is 10.2. The van der Waals surface area contributed by atoms with Crippen LogP contribution in [0.5, 0.6) is 0 Å². The van der Waals surface area contributed by atoms with Crippen LogP contribution in [-0.2, 0) is 0 Å². The fraction of sp³-hybridized carbons (Fsp3) is 0.545. The highest BCUT2D eigenvalue weighted by atomic mass is 16.3. The predicted octanol–water partition coefficient (Wildman–Crippen LogP) is -0.743. The van der Waals surface area contributed by atoms with Crippen molar-refractivity contribution in [1.82, 2.24) is 20.2 Å². The van der Waals surface area contributed by atoms with E-state index in [1.807, 2.05) is 4.90 Å². The number of nitrogens with zero attached hydrogens (tertiary/aromatic N) is 4. The minimum absolute atomic E-state index is 0.150. The summed E-state index contributed by atoms with van der Waals surface area (Å²) in [5.41, 5.74) is 5.07. The zero-order valence-corrected chi connectivity index (χ0v) is 10.5. The fourth-order valence-corrected chi connectivity index (χ4v) is 2.42. The number of aliphatic hydroxyl groups is 2. The maximum Gasteiger partial charge on any atom is 0.224 e. The van der Waals surface area contributed by atoms with Gasteiger partial charge in [-0.1, -0.05) is 0 Å². The molecule has 0 amide bonds. The maximum absolute atomic E-state index is 10.2. The lowest BCUT2D eigenvalue weighted by Gasteiger charge is -2.41. The number of nitrogens with one attached hydrogen (secondary N) is 1. The first-order valence-electron chi connectivity index (χ1n) is 6.09. The van der Waals surface area contributed by atoms with Crippen LogP contribution in [0.15, 0.2) is 6.20 Å². The zero-order chi connectivity index (χ0) is 13.6. The molecule has 1 saturated heterocycles. The Hall–Kier alpha value is -1.93. The Bertz CT molecular complexity index is 610. The smallest absolute Gasteiger partial charge is 0.224 e. The van der Waals surface area contributed by atoms with E-state index < -0.39 is 11.7 Å². The van der Waals surface area contributed by atoms with E-state index in [0.29, 0.717) is 24.4 Å². The van der Waals surface area contributed by atoms with Gasteiger partial charge in [0, 0.05) is 6.54 Å². The Morgan fingerprint density at radius 2 is 2.32 bits per heavy atom. The molecule has 5 N–H and O–H groups in total. The Morgan fingerprint density at radius 3 is 3.05 bits per heavy atom. The molecule has 1 unspecified atom stereocenters. The Morgan fingerprint density at radius 1 is 1.53 bits per heavy atom. The van der Waals surface area contributed by atoms with Crippen LogP contribution in [0.1, 0.15) is 13.3 Å². The minimum atomic E-state index is -1.17. The highest BCUT2D eigenvalue weighted by Crippen LogP contribution is 2.29. The molecule has 0 aliphatic carbocycles. The SMILES string of the molecule is C[C@@]1(O)CN(c2nc(N)nc3[nH]ncc23)CCC1O. The fourth-order valence-electron chi connectivity index (χ4n) is 2.42. The van der Waals surface area contributed by atoms with Crippen LogP contribution >= 0.6 is 0 Å². The predicted molar refractivity (Wildman–Crippen MR) is 69.6 cm³/mol. The van der Waals surface area contributed by atoms with Crippen molar-refractivity contribution in [2.75, 3.05) is 23.7 Å². The summed E-state index contributed by atoms with van der Waals surface area (Å²) < 4.78 is 0. The summed E-state index contributed by atoms with van der Waals surface area (Å²) in [7, 11) is 0. The molecule has 3 heterocycles. The third-order valence-corrected chi connectivity index (χ3v) is 3.51. The third-order valence-electron chi connectivity index (χ3n) is 3.51. The van der Waals surface area contributed by atoms with Crippen LogP contribution in [-0.4, -0.2) is 55.2 Å². The van der Waals surface area contributed by atoms with E-state index in [-0.39, 0.29) is 12.5 Å². The first-order valence-corrected chi connectivity index (χ1v) is 6.09. The van der Waals surface area contributed by atoms with E-state index >= 15 is 0 Å². The lowest BCUT2D eigenvalue weighted by molar-refractivity contribution is -0.0692. The standard InChI is InChI=1S/C11H16N6O2/c1-11(19)5-17(3-2-7(11)18)9-6-4-13-16-8(6)14-10(12)15-9/h4,7,18-19H,2-3,5H2,1H3,(H3,12,13,14,15,16)/t7?,11-/m1/s1. The number of H-pyrrole nitrogens is 1. The molecule has 8 nitrogen and oxygen atoms in total. The molecular weight excluding hydrogens is 248 g/mol. The van der Waals surface area contributed by atoms with Crippen LogP contribution in [0, 0.1) is 0 Å². The highest BCUT2D eigenvalue weighted by Gasteiger charge is 2.37. The molecule has 0 bridgehead atoms. The maximum atomic E-state index is 10.2. The van der Waals surface area contributed by atoms with E-state index in [1.165, 1.54) is 0 Å². The minimum Gasteiger partial charge on any atom is -0.390 e. The number of β-amino-alcohol motifs (C(OH)–C–C–N with tert-alkyl or cyclic N) is 1. The van der Waals surface area contributed by atoms with Gasteiger partial charge in [0.05, 0.1) is 24.2 Å². The molecule has 19 heavy (non-hydrogen) atoms. The number of rotatable bonds is 1. The van der Waals surface area contributed by atoms with Crippen molar-refractivity contribution in [1.29, 1.82) is 0 Å². The van der Waals surface area contributed by atoms with E-state index in [1.54, 1.807) is 13.1 Å². The number of piperidine rings is 1. The molecule has 2 atom stereocenters. The molecule has 2 aromatic heterocycles. The van der Waals surface area contributed by atoms with Gasteiger partial charge in [-0.15, -0.1) is 0 Å². The zero-order valence-electron chi connectivity index (χ0n) is 10.5. The van der Waals surface area contributed by atoms with E-state index in [4.69, 9.17) is 5.73 Å². The number of anilines is 2. The van der Waals surface area contributed by atoms with Gasteiger partial charge in [-0.25, -0.2) is 0 Å². The Balaban J connectivity index is 2.02. The monoisotopic (exact) mass is 264 g/mol. The van der Waals surface area contributed by atoms with Crippen LogP contribution in [0.4, 0.5) is 11.8 Å². The van der Waals surface area contributed by atoms with E-state index in [2.05, 4.69) is 20.2 Å². The number of hydrogen-bond donors (Lipinski definition) is 4. The summed E-state index contributed by atoms with van der Waals surface area (Å²) in [5.74, 6) is 0.779. The number of nitrogen functional groups attached to an aromatic ring is 1. The first kappa shape index (κ1) is 12.1. The lowest BCUT2D eigenvalue weighted by atomic mass is 9.91. The molecule has 0 radical (unpaired) electrons. The summed E-state index contributed by atoms with van der Waals surface area (Å²) in [6.07, 6.45) is 1.36. The molecule has 0 saturated carbocycles. The van der Waals surface area contributed by atoms with Gasteiger partial charge in [0.15, 0.2) is 5.65 Å². The highest BCUT2D eigenvalue weighted by molar-refractivity contribution is 5.87. The number of aliphatic hydroxyl groups excluding tert-OH is 1. The quantitative estimate of drug-likeness (QED) is 0.534. The van der Waals surface area contributed by atoms with Crippen molar-refractivity contribution in [3.63, 3.8) is 0 Å². The van der Waals surface area contributed by atoms with Crippen LogP contribution in [0.25, 0.3) is 11.0 Å². The first-order chi connectivity index (χ1) is 8.97. The van der Waals surface area contributed by atoms with Gasteiger partial charge >= 0.3 is 0 Å². The van der Waals surface area contributed by atoms with Crippen molar-refractivity contribution in [3.05, 3.63) is 6.20 Å². The van der Waals surface area contributed by atoms with Gasteiger partial charge in [-0.05, 0) is 13.3 Å². The Kier molecular flexibility index (Phi) is 2.58. The van der Waals surface area contributed by atoms with Gasteiger partial charge in [0.1, 0.15) is 11.4 Å². The van der Waals surface area contributed by atoms with Crippen LogP contribution < -0.4 is 10.6 Å². The second kappa shape index (κ2) is 4.04. The summed E-state index contributed by atoms with van der Waals surface area (Å²) in [6, 6.07) is 0. The average Bonchev–Trinajstić information content (AvgIpc) is 2.79. The number of fused-ring (bicyclic) bond motifs is 1.